The summed E-state index contributed by atoms with van der Waals surface area (Å²) in [4.78, 5) is 20.3. The molecule has 8 nitrogen and oxygen atoms in total. The lowest BCUT2D eigenvalue weighted by Gasteiger charge is -2.16. The molecule has 3 aromatic carbocycles. The van der Waals surface area contributed by atoms with Gasteiger partial charge in [0.1, 0.15) is 0 Å². The van der Waals surface area contributed by atoms with Gasteiger partial charge in [0.15, 0.2) is 11.5 Å². The Morgan fingerprint density at radius 2 is 1.64 bits per heavy atom. The van der Waals surface area contributed by atoms with E-state index < -0.39 is 0 Å². The summed E-state index contributed by atoms with van der Waals surface area (Å²) in [7, 11) is 8.53. The molecule has 0 N–H and O–H groups in total. The fourth-order valence-electron chi connectivity index (χ4n) is 3.49. The van der Waals surface area contributed by atoms with Crippen molar-refractivity contribution in [2.75, 3.05) is 45.3 Å². The van der Waals surface area contributed by atoms with Crippen molar-refractivity contribution in [3.8, 4) is 17.2 Å². The van der Waals surface area contributed by atoms with Crippen molar-refractivity contribution >= 4 is 60.4 Å². The molecule has 4 rings (SSSR count). The number of carbonyl (C=O) groups excluding carboxylic acids is 1. The number of methoxy groups -OCH3 is 3. The summed E-state index contributed by atoms with van der Waals surface area (Å²) in [6.45, 7) is 0. The molecule has 0 saturated carbocycles. The first-order valence-electron chi connectivity index (χ1n) is 10.9. The molecule has 1 heterocycles. The molecule has 10 heteroatoms. The number of benzene rings is 3. The standard InChI is InChI=1S/C26H25BrN4O4S/c1-30(2)19-9-6-17(7-10-19)25(32)31(26-29-20-11-8-18(27)14-23(20)36-26)28-15-16-12-21(33-3)24(35-5)22(13-16)34-4/h6-15H,1-5H3/b28-15+. The molecule has 1 aromatic heterocycles. The van der Waals surface area contributed by atoms with Crippen LogP contribution < -0.4 is 24.1 Å². The highest BCUT2D eigenvalue weighted by atomic mass is 79.9. The van der Waals surface area contributed by atoms with E-state index in [0.717, 1.165) is 20.4 Å². The summed E-state index contributed by atoms with van der Waals surface area (Å²) in [5, 5.41) is 6.32. The Bertz CT molecular complexity index is 1390. The summed E-state index contributed by atoms with van der Waals surface area (Å²) in [5.41, 5.74) is 2.92. The van der Waals surface area contributed by atoms with Gasteiger partial charge in [-0.05, 0) is 54.6 Å². The minimum Gasteiger partial charge on any atom is -0.493 e. The van der Waals surface area contributed by atoms with Gasteiger partial charge in [0.25, 0.3) is 5.91 Å². The number of halogens is 1. The van der Waals surface area contributed by atoms with Crippen LogP contribution >= 0.6 is 27.3 Å². The van der Waals surface area contributed by atoms with E-state index in [1.165, 1.54) is 16.3 Å². The van der Waals surface area contributed by atoms with Crippen molar-refractivity contribution in [1.82, 2.24) is 4.98 Å². The van der Waals surface area contributed by atoms with Crippen molar-refractivity contribution in [3.63, 3.8) is 0 Å². The van der Waals surface area contributed by atoms with Gasteiger partial charge in [-0.3, -0.25) is 4.79 Å². The number of thiazole rings is 1. The Kier molecular flexibility index (Phi) is 7.76. The topological polar surface area (TPSA) is 76.5 Å². The molecule has 186 valence electrons. The third-order valence-corrected chi connectivity index (χ3v) is 6.84. The van der Waals surface area contributed by atoms with E-state index in [4.69, 9.17) is 14.2 Å². The number of nitrogens with zero attached hydrogens (tertiary/aromatic N) is 4. The van der Waals surface area contributed by atoms with Gasteiger partial charge in [0.2, 0.25) is 10.9 Å². The van der Waals surface area contributed by atoms with Crippen LogP contribution in [0.5, 0.6) is 17.2 Å². The Morgan fingerprint density at radius 3 is 2.22 bits per heavy atom. The molecule has 4 aromatic rings. The molecule has 0 saturated heterocycles. The first-order chi connectivity index (χ1) is 17.3. The number of ether oxygens (including phenoxy) is 3. The van der Waals surface area contributed by atoms with Gasteiger partial charge in [-0.25, -0.2) is 4.98 Å². The third kappa shape index (κ3) is 5.29. The number of carbonyl (C=O) groups is 1. The maximum absolute atomic E-state index is 13.6. The Balaban J connectivity index is 1.77. The second-order valence-corrected chi connectivity index (χ2v) is 9.79. The smallest absolute Gasteiger partial charge is 0.280 e. The number of fused-ring (bicyclic) bond motifs is 1. The highest BCUT2D eigenvalue weighted by molar-refractivity contribution is 9.10. The lowest BCUT2D eigenvalue weighted by atomic mass is 10.2. The zero-order chi connectivity index (χ0) is 25.8. The largest absolute Gasteiger partial charge is 0.493 e. The normalized spacial score (nSPS) is 11.1. The van der Waals surface area contributed by atoms with E-state index in [9.17, 15) is 4.79 Å². The Labute approximate surface area is 221 Å². The summed E-state index contributed by atoms with van der Waals surface area (Å²) >= 11 is 4.87. The molecule has 0 aliphatic heterocycles. The van der Waals surface area contributed by atoms with E-state index in [-0.39, 0.29) is 5.91 Å². The molecule has 0 fully saturated rings. The zero-order valence-corrected chi connectivity index (χ0v) is 22.9. The van der Waals surface area contributed by atoms with Crippen LogP contribution in [-0.4, -0.2) is 52.5 Å². The van der Waals surface area contributed by atoms with E-state index >= 15 is 0 Å². The van der Waals surface area contributed by atoms with Gasteiger partial charge in [-0.15, -0.1) is 0 Å². The number of hydrogen-bond donors (Lipinski definition) is 0. The monoisotopic (exact) mass is 568 g/mol. The highest BCUT2D eigenvalue weighted by Crippen LogP contribution is 2.38. The molecular formula is C26H25BrN4O4S. The lowest BCUT2D eigenvalue weighted by Crippen LogP contribution is -2.25. The Morgan fingerprint density at radius 1 is 0.972 bits per heavy atom. The fraction of sp³-hybridized carbons (Fsp3) is 0.192. The van der Waals surface area contributed by atoms with Crippen LogP contribution in [-0.2, 0) is 0 Å². The molecule has 0 aliphatic carbocycles. The van der Waals surface area contributed by atoms with E-state index in [1.807, 2.05) is 49.3 Å². The predicted molar refractivity (Wildman–Crippen MR) is 149 cm³/mol. The molecule has 1 amide bonds. The average molecular weight is 569 g/mol. The molecule has 0 bridgehead atoms. The quantitative estimate of drug-likeness (QED) is 0.196. The fourth-order valence-corrected chi connectivity index (χ4v) is 4.96. The molecular weight excluding hydrogens is 544 g/mol. The number of aromatic nitrogens is 1. The molecule has 0 aliphatic rings. The van der Waals surface area contributed by atoms with Crippen LogP contribution in [0.4, 0.5) is 10.8 Å². The third-order valence-electron chi connectivity index (χ3n) is 5.35. The van der Waals surface area contributed by atoms with Crippen molar-refractivity contribution in [3.05, 3.63) is 70.2 Å². The SMILES string of the molecule is COc1cc(/C=N/N(C(=O)c2ccc(N(C)C)cc2)c2nc3ccc(Br)cc3s2)cc(OC)c1OC. The van der Waals surface area contributed by atoms with Gasteiger partial charge < -0.3 is 19.1 Å². The van der Waals surface area contributed by atoms with Crippen LogP contribution in [0, 0.1) is 0 Å². The van der Waals surface area contributed by atoms with Gasteiger partial charge >= 0.3 is 0 Å². The van der Waals surface area contributed by atoms with Crippen LogP contribution in [0.2, 0.25) is 0 Å². The minimum absolute atomic E-state index is 0.304. The Hall–Kier alpha value is -3.63. The maximum Gasteiger partial charge on any atom is 0.280 e. The summed E-state index contributed by atoms with van der Waals surface area (Å²) in [5.74, 6) is 1.14. The van der Waals surface area contributed by atoms with Crippen molar-refractivity contribution in [2.24, 2.45) is 5.10 Å². The number of anilines is 2. The first kappa shape index (κ1) is 25.5. The maximum atomic E-state index is 13.6. The zero-order valence-electron chi connectivity index (χ0n) is 20.5. The second-order valence-electron chi connectivity index (χ2n) is 7.87. The van der Waals surface area contributed by atoms with E-state index in [2.05, 4.69) is 26.0 Å². The summed E-state index contributed by atoms with van der Waals surface area (Å²) in [6, 6.07) is 16.6. The summed E-state index contributed by atoms with van der Waals surface area (Å²) in [6.07, 6.45) is 1.57. The number of amides is 1. The number of hydrogen-bond acceptors (Lipinski definition) is 8. The van der Waals surface area contributed by atoms with Crippen molar-refractivity contribution in [2.45, 2.75) is 0 Å². The molecule has 36 heavy (non-hydrogen) atoms. The van der Waals surface area contributed by atoms with Gasteiger partial charge in [0, 0.05) is 35.4 Å². The first-order valence-corrected chi connectivity index (χ1v) is 12.5. The second kappa shape index (κ2) is 11.0. The predicted octanol–water partition coefficient (Wildman–Crippen LogP) is 5.83. The lowest BCUT2D eigenvalue weighted by molar-refractivity contribution is 0.0988. The van der Waals surface area contributed by atoms with Crippen LogP contribution in [0.15, 0.2) is 64.2 Å². The molecule has 0 spiro atoms. The average Bonchev–Trinajstić information content (AvgIpc) is 3.30. The number of rotatable bonds is 8. The van der Waals surface area contributed by atoms with Gasteiger partial charge in [-0.1, -0.05) is 27.3 Å². The van der Waals surface area contributed by atoms with Crippen molar-refractivity contribution < 1.29 is 19.0 Å². The molecule has 0 unspecified atom stereocenters. The number of hydrazone groups is 1. The minimum atomic E-state index is -0.304. The molecule has 0 radical (unpaired) electrons. The highest BCUT2D eigenvalue weighted by Gasteiger charge is 2.22. The van der Waals surface area contributed by atoms with E-state index in [0.29, 0.717) is 33.5 Å². The van der Waals surface area contributed by atoms with Gasteiger partial charge in [0.05, 0.1) is 37.8 Å². The van der Waals surface area contributed by atoms with Crippen LogP contribution in [0.1, 0.15) is 15.9 Å². The van der Waals surface area contributed by atoms with Crippen LogP contribution in [0.3, 0.4) is 0 Å². The molecule has 0 atom stereocenters. The van der Waals surface area contributed by atoms with E-state index in [1.54, 1.807) is 51.8 Å². The van der Waals surface area contributed by atoms with Crippen molar-refractivity contribution in [1.29, 1.82) is 0 Å². The van der Waals surface area contributed by atoms with Crippen LogP contribution in [0.25, 0.3) is 10.2 Å². The summed E-state index contributed by atoms with van der Waals surface area (Å²) < 4.78 is 18.2. The van der Waals surface area contributed by atoms with Gasteiger partial charge in [-0.2, -0.15) is 10.1 Å².